The first-order chi connectivity index (χ1) is 11.3. The zero-order valence-electron chi connectivity index (χ0n) is 12.2. The lowest BCUT2D eigenvalue weighted by molar-refractivity contribution is -0.140. The number of nitrogens with one attached hydrogen (secondary N) is 1. The highest BCUT2D eigenvalue weighted by atomic mass is 127. The maximum atomic E-state index is 12.1. The van der Waals surface area contributed by atoms with Gasteiger partial charge in [0.05, 0.1) is 7.14 Å². The van der Waals surface area contributed by atoms with Crippen molar-refractivity contribution < 1.29 is 24.2 Å². The van der Waals surface area contributed by atoms with Crippen molar-refractivity contribution in [2.24, 2.45) is 0 Å². The summed E-state index contributed by atoms with van der Waals surface area (Å²) in [6, 6.07) is 2.85. The number of amides is 3. The number of nitrogens with zero attached hydrogens (tertiary/aromatic N) is 1. The molecule has 1 aliphatic rings. The molecular formula is C15H12I2N2O5. The molecule has 1 aromatic carbocycles. The standard InChI is InChI=1S/C15H12I2N2O5/c1-2-3-24-13-9(16)4-8(5-10(13)17)6-11-14(22)19(7-12(20)21)15(23)18-11/h2,4-6H,1,3,7H2,(H,18,23)(H,20,21)/b11-6+. The largest absolute Gasteiger partial charge is 0.487 e. The van der Waals surface area contributed by atoms with Crippen LogP contribution in [0.1, 0.15) is 5.56 Å². The van der Waals surface area contributed by atoms with Crippen LogP contribution in [0.4, 0.5) is 4.79 Å². The van der Waals surface area contributed by atoms with E-state index in [1.54, 1.807) is 18.2 Å². The van der Waals surface area contributed by atoms with E-state index in [9.17, 15) is 14.4 Å². The molecule has 1 saturated heterocycles. The molecule has 3 amide bonds. The SMILES string of the molecule is C=CCOc1c(I)cc(/C=C2/NC(=O)N(CC(=O)O)C2=O)cc1I. The van der Waals surface area contributed by atoms with Gasteiger partial charge in [-0.3, -0.25) is 9.59 Å². The number of imide groups is 1. The van der Waals surface area contributed by atoms with E-state index in [4.69, 9.17) is 9.84 Å². The van der Waals surface area contributed by atoms with E-state index in [-0.39, 0.29) is 5.70 Å². The van der Waals surface area contributed by atoms with Crippen LogP contribution in [0.5, 0.6) is 5.75 Å². The van der Waals surface area contributed by atoms with Crippen molar-refractivity contribution >= 4 is 69.2 Å². The fraction of sp³-hybridized carbons (Fsp3) is 0.133. The second-order valence-corrected chi connectivity index (χ2v) is 7.01. The van der Waals surface area contributed by atoms with Gasteiger partial charge in [-0.05, 0) is 69.0 Å². The van der Waals surface area contributed by atoms with Crippen molar-refractivity contribution in [2.75, 3.05) is 13.2 Å². The minimum atomic E-state index is -1.26. The van der Waals surface area contributed by atoms with E-state index in [0.29, 0.717) is 22.8 Å². The number of carboxylic acid groups (broad SMARTS) is 1. The molecule has 2 rings (SSSR count). The Bertz CT molecular complexity index is 737. The van der Waals surface area contributed by atoms with Crippen LogP contribution in [-0.2, 0) is 9.59 Å². The van der Waals surface area contributed by atoms with E-state index in [1.165, 1.54) is 6.08 Å². The quantitative estimate of drug-likeness (QED) is 0.244. The number of halogens is 2. The summed E-state index contributed by atoms with van der Waals surface area (Å²) in [5.74, 6) is -1.21. The highest BCUT2D eigenvalue weighted by Crippen LogP contribution is 2.30. The zero-order chi connectivity index (χ0) is 17.9. The Kier molecular flexibility index (Phi) is 6.21. The highest BCUT2D eigenvalue weighted by molar-refractivity contribution is 14.1. The Morgan fingerprint density at radius 1 is 1.33 bits per heavy atom. The maximum Gasteiger partial charge on any atom is 0.329 e. The number of carboxylic acids is 1. The van der Waals surface area contributed by atoms with Gasteiger partial charge in [-0.15, -0.1) is 0 Å². The van der Waals surface area contributed by atoms with Crippen molar-refractivity contribution in [1.82, 2.24) is 10.2 Å². The summed E-state index contributed by atoms with van der Waals surface area (Å²) in [6.45, 7) is 3.31. The summed E-state index contributed by atoms with van der Waals surface area (Å²) < 4.78 is 7.26. The summed E-state index contributed by atoms with van der Waals surface area (Å²) >= 11 is 4.23. The monoisotopic (exact) mass is 554 g/mol. The van der Waals surface area contributed by atoms with E-state index < -0.39 is 24.5 Å². The molecule has 0 aliphatic carbocycles. The minimum Gasteiger partial charge on any atom is -0.487 e. The molecule has 2 N–H and O–H groups in total. The van der Waals surface area contributed by atoms with E-state index >= 15 is 0 Å². The Balaban J connectivity index is 2.28. The Morgan fingerprint density at radius 2 is 1.96 bits per heavy atom. The second kappa shape index (κ2) is 7.96. The normalized spacial score (nSPS) is 15.6. The van der Waals surface area contributed by atoms with Gasteiger partial charge in [0.1, 0.15) is 24.6 Å². The number of hydrogen-bond donors (Lipinski definition) is 2. The molecule has 0 atom stereocenters. The molecular weight excluding hydrogens is 542 g/mol. The average Bonchev–Trinajstić information content (AvgIpc) is 2.74. The number of urea groups is 1. The summed E-state index contributed by atoms with van der Waals surface area (Å²) in [6.07, 6.45) is 3.15. The molecule has 1 aliphatic heterocycles. The van der Waals surface area contributed by atoms with Gasteiger partial charge in [0, 0.05) is 0 Å². The van der Waals surface area contributed by atoms with Crippen molar-refractivity contribution in [2.45, 2.75) is 0 Å². The van der Waals surface area contributed by atoms with Crippen molar-refractivity contribution in [3.8, 4) is 5.75 Å². The van der Waals surface area contributed by atoms with Gasteiger partial charge in [0.25, 0.3) is 5.91 Å². The van der Waals surface area contributed by atoms with Gasteiger partial charge < -0.3 is 15.2 Å². The fourth-order valence-corrected chi connectivity index (χ4v) is 4.09. The number of carbonyl (C=O) groups excluding carboxylic acids is 2. The molecule has 0 saturated carbocycles. The second-order valence-electron chi connectivity index (χ2n) is 4.69. The van der Waals surface area contributed by atoms with Crippen LogP contribution < -0.4 is 10.1 Å². The molecule has 0 bridgehead atoms. The highest BCUT2D eigenvalue weighted by Gasteiger charge is 2.34. The maximum absolute atomic E-state index is 12.1. The molecule has 126 valence electrons. The molecule has 0 spiro atoms. The van der Waals surface area contributed by atoms with Gasteiger partial charge in [-0.25, -0.2) is 9.69 Å². The molecule has 0 radical (unpaired) electrons. The van der Waals surface area contributed by atoms with Crippen LogP contribution in [0.25, 0.3) is 6.08 Å². The zero-order valence-corrected chi connectivity index (χ0v) is 16.5. The Hall–Kier alpha value is -1.63. The predicted octanol–water partition coefficient (Wildman–Crippen LogP) is 2.44. The van der Waals surface area contributed by atoms with E-state index in [0.717, 1.165) is 7.14 Å². The van der Waals surface area contributed by atoms with Crippen LogP contribution in [0.15, 0.2) is 30.5 Å². The topological polar surface area (TPSA) is 95.9 Å². The van der Waals surface area contributed by atoms with E-state index in [2.05, 4.69) is 57.1 Å². The van der Waals surface area contributed by atoms with Gasteiger partial charge in [0.2, 0.25) is 0 Å². The first-order valence-electron chi connectivity index (χ1n) is 6.62. The fourth-order valence-electron chi connectivity index (χ4n) is 1.96. The number of hydrogen-bond acceptors (Lipinski definition) is 4. The first-order valence-corrected chi connectivity index (χ1v) is 8.78. The molecule has 1 aromatic rings. The third-order valence-electron chi connectivity index (χ3n) is 2.93. The van der Waals surface area contributed by atoms with Gasteiger partial charge >= 0.3 is 12.0 Å². The molecule has 1 fully saturated rings. The van der Waals surface area contributed by atoms with Crippen LogP contribution in [-0.4, -0.2) is 41.1 Å². The van der Waals surface area contributed by atoms with Crippen molar-refractivity contribution in [3.63, 3.8) is 0 Å². The molecule has 9 heteroatoms. The number of rotatable bonds is 6. The van der Waals surface area contributed by atoms with Gasteiger partial charge in [-0.2, -0.15) is 0 Å². The van der Waals surface area contributed by atoms with Crippen molar-refractivity contribution in [3.05, 3.63) is 43.2 Å². The Morgan fingerprint density at radius 3 is 2.50 bits per heavy atom. The van der Waals surface area contributed by atoms with E-state index in [1.807, 2.05) is 0 Å². The molecule has 24 heavy (non-hydrogen) atoms. The third-order valence-corrected chi connectivity index (χ3v) is 4.54. The minimum absolute atomic E-state index is 0.0348. The lowest BCUT2D eigenvalue weighted by Crippen LogP contribution is -2.35. The molecule has 1 heterocycles. The lowest BCUT2D eigenvalue weighted by atomic mass is 10.2. The van der Waals surface area contributed by atoms with Crippen molar-refractivity contribution in [1.29, 1.82) is 0 Å². The van der Waals surface area contributed by atoms with Gasteiger partial charge in [-0.1, -0.05) is 12.7 Å². The predicted molar refractivity (Wildman–Crippen MR) is 103 cm³/mol. The van der Waals surface area contributed by atoms with Crippen LogP contribution in [0.3, 0.4) is 0 Å². The van der Waals surface area contributed by atoms with Gasteiger partial charge in [0.15, 0.2) is 0 Å². The van der Waals surface area contributed by atoms with Crippen LogP contribution in [0, 0.1) is 7.14 Å². The summed E-state index contributed by atoms with van der Waals surface area (Å²) in [4.78, 5) is 35.1. The third kappa shape index (κ3) is 4.26. The average molecular weight is 554 g/mol. The molecule has 7 nitrogen and oxygen atoms in total. The van der Waals surface area contributed by atoms with Crippen LogP contribution in [0.2, 0.25) is 0 Å². The number of carbonyl (C=O) groups is 3. The Labute approximate surface area is 165 Å². The first kappa shape index (κ1) is 18.7. The number of aliphatic carboxylic acids is 1. The molecule has 0 unspecified atom stereocenters. The molecule has 0 aromatic heterocycles. The summed E-state index contributed by atoms with van der Waals surface area (Å²) in [7, 11) is 0. The number of ether oxygens (including phenoxy) is 1. The number of benzene rings is 1. The lowest BCUT2D eigenvalue weighted by Gasteiger charge is -2.10. The van der Waals surface area contributed by atoms with Crippen LogP contribution >= 0.6 is 45.2 Å². The summed E-state index contributed by atoms with van der Waals surface area (Å²) in [5, 5.41) is 11.1. The summed E-state index contributed by atoms with van der Waals surface area (Å²) in [5.41, 5.74) is 0.725. The smallest absolute Gasteiger partial charge is 0.329 e.